The number of sulfonamides is 1. The van der Waals surface area contributed by atoms with E-state index in [9.17, 15) is 18.0 Å². The number of nitrogens with one attached hydrogen (secondary N) is 1. The van der Waals surface area contributed by atoms with Crippen molar-refractivity contribution in [3.05, 3.63) is 65.2 Å². The SMILES string of the molecule is CCN1CCN(S(=O)(=O)c2ccc(NC(=O)CCCn3cnc4ccccc4c3=O)cc2)CC1. The lowest BCUT2D eigenvalue weighted by atomic mass is 10.2. The Morgan fingerprint density at radius 1 is 1.03 bits per heavy atom. The molecule has 0 radical (unpaired) electrons. The Morgan fingerprint density at radius 3 is 2.44 bits per heavy atom. The Kier molecular flexibility index (Phi) is 7.40. The van der Waals surface area contributed by atoms with Crippen molar-refractivity contribution >= 4 is 32.5 Å². The minimum atomic E-state index is -3.55. The average molecular weight is 484 g/mol. The predicted octanol–water partition coefficient (Wildman–Crippen LogP) is 2.14. The van der Waals surface area contributed by atoms with E-state index in [0.717, 1.165) is 19.6 Å². The Morgan fingerprint density at radius 2 is 1.74 bits per heavy atom. The first-order valence-corrected chi connectivity index (χ1v) is 12.9. The zero-order chi connectivity index (χ0) is 24.1. The van der Waals surface area contributed by atoms with Crippen LogP contribution in [-0.4, -0.2) is 65.8 Å². The fourth-order valence-corrected chi connectivity index (χ4v) is 5.47. The normalized spacial score (nSPS) is 15.4. The molecule has 1 aliphatic rings. The van der Waals surface area contributed by atoms with Gasteiger partial charge in [-0.1, -0.05) is 19.1 Å². The van der Waals surface area contributed by atoms with E-state index in [1.54, 1.807) is 30.3 Å². The molecule has 1 aliphatic heterocycles. The molecule has 0 saturated carbocycles. The number of piperazine rings is 1. The molecule has 1 saturated heterocycles. The van der Waals surface area contributed by atoms with Crippen molar-refractivity contribution in [3.8, 4) is 0 Å². The number of aromatic nitrogens is 2. The molecule has 1 fully saturated rings. The van der Waals surface area contributed by atoms with E-state index in [-0.39, 0.29) is 22.8 Å². The van der Waals surface area contributed by atoms with Gasteiger partial charge in [-0.2, -0.15) is 4.31 Å². The number of benzene rings is 2. The molecule has 0 atom stereocenters. The lowest BCUT2D eigenvalue weighted by Crippen LogP contribution is -2.48. The molecule has 180 valence electrons. The van der Waals surface area contributed by atoms with Crippen LogP contribution in [0.5, 0.6) is 0 Å². The molecule has 0 spiro atoms. The molecule has 3 aromatic rings. The number of amides is 1. The van der Waals surface area contributed by atoms with Crippen molar-refractivity contribution in [2.24, 2.45) is 0 Å². The van der Waals surface area contributed by atoms with Gasteiger partial charge < -0.3 is 10.2 Å². The molecule has 1 aromatic heterocycles. The van der Waals surface area contributed by atoms with Gasteiger partial charge in [0.05, 0.1) is 22.1 Å². The number of carbonyl (C=O) groups excluding carboxylic acids is 1. The molecule has 9 nitrogen and oxygen atoms in total. The van der Waals surface area contributed by atoms with Gasteiger partial charge in [0.15, 0.2) is 0 Å². The van der Waals surface area contributed by atoms with Crippen LogP contribution < -0.4 is 10.9 Å². The molecule has 1 amide bonds. The number of nitrogens with zero attached hydrogens (tertiary/aromatic N) is 4. The molecule has 10 heteroatoms. The highest BCUT2D eigenvalue weighted by Gasteiger charge is 2.27. The second-order valence-corrected chi connectivity index (χ2v) is 10.2. The molecule has 0 unspecified atom stereocenters. The van der Waals surface area contributed by atoms with Gasteiger partial charge in [0.1, 0.15) is 0 Å². The monoisotopic (exact) mass is 483 g/mol. The number of likely N-dealkylation sites (N-methyl/N-ethyl adjacent to an activating group) is 1. The molecule has 0 aliphatic carbocycles. The fourth-order valence-electron chi connectivity index (χ4n) is 4.04. The van der Waals surface area contributed by atoms with Crippen LogP contribution in [0.1, 0.15) is 19.8 Å². The van der Waals surface area contributed by atoms with E-state index >= 15 is 0 Å². The highest BCUT2D eigenvalue weighted by molar-refractivity contribution is 7.89. The molecular weight excluding hydrogens is 454 g/mol. The van der Waals surface area contributed by atoms with Crippen molar-refractivity contribution in [1.82, 2.24) is 18.8 Å². The van der Waals surface area contributed by atoms with Crippen molar-refractivity contribution in [2.45, 2.75) is 31.2 Å². The van der Waals surface area contributed by atoms with Crippen LogP contribution in [0.4, 0.5) is 5.69 Å². The molecule has 1 N–H and O–H groups in total. The van der Waals surface area contributed by atoms with Gasteiger partial charge in [-0.05, 0) is 49.4 Å². The Balaban J connectivity index is 1.30. The Hall–Kier alpha value is -3.08. The maximum absolute atomic E-state index is 12.9. The van der Waals surface area contributed by atoms with Crippen LogP contribution in [-0.2, 0) is 21.4 Å². The highest BCUT2D eigenvalue weighted by atomic mass is 32.2. The second-order valence-electron chi connectivity index (χ2n) is 8.27. The third-order valence-electron chi connectivity index (χ3n) is 6.09. The Labute approximate surface area is 199 Å². The third-order valence-corrected chi connectivity index (χ3v) is 8.00. The summed E-state index contributed by atoms with van der Waals surface area (Å²) in [5.74, 6) is -0.201. The van der Waals surface area contributed by atoms with Gasteiger partial charge in [-0.3, -0.25) is 14.2 Å². The van der Waals surface area contributed by atoms with Gasteiger partial charge in [0, 0.05) is 44.8 Å². The van der Waals surface area contributed by atoms with E-state index in [1.165, 1.54) is 27.3 Å². The smallest absolute Gasteiger partial charge is 0.261 e. The second kappa shape index (κ2) is 10.5. The zero-order valence-electron chi connectivity index (χ0n) is 19.2. The molecular formula is C24H29N5O4S. The van der Waals surface area contributed by atoms with E-state index in [4.69, 9.17) is 0 Å². The summed E-state index contributed by atoms with van der Waals surface area (Å²) in [4.78, 5) is 31.6. The number of aryl methyl sites for hydroxylation is 1. The van der Waals surface area contributed by atoms with E-state index < -0.39 is 10.0 Å². The first kappa shape index (κ1) is 24.1. The Bertz CT molecular complexity index is 1310. The lowest BCUT2D eigenvalue weighted by Gasteiger charge is -2.33. The van der Waals surface area contributed by atoms with Crippen LogP contribution in [0, 0.1) is 0 Å². The number of hydrogen-bond acceptors (Lipinski definition) is 6. The zero-order valence-corrected chi connectivity index (χ0v) is 20.0. The average Bonchev–Trinajstić information content (AvgIpc) is 2.86. The van der Waals surface area contributed by atoms with Gasteiger partial charge in [0.25, 0.3) is 5.56 Å². The van der Waals surface area contributed by atoms with Crippen molar-refractivity contribution in [2.75, 3.05) is 38.0 Å². The first-order valence-electron chi connectivity index (χ1n) is 11.4. The summed E-state index contributed by atoms with van der Waals surface area (Å²) < 4.78 is 28.8. The van der Waals surface area contributed by atoms with Gasteiger partial charge in [0.2, 0.25) is 15.9 Å². The van der Waals surface area contributed by atoms with Crippen molar-refractivity contribution in [3.63, 3.8) is 0 Å². The molecule has 2 heterocycles. The summed E-state index contributed by atoms with van der Waals surface area (Å²) in [5, 5.41) is 3.34. The summed E-state index contributed by atoms with van der Waals surface area (Å²) >= 11 is 0. The highest BCUT2D eigenvalue weighted by Crippen LogP contribution is 2.20. The summed E-state index contributed by atoms with van der Waals surface area (Å²) in [6, 6.07) is 13.4. The quantitative estimate of drug-likeness (QED) is 0.526. The number of rotatable bonds is 8. The maximum Gasteiger partial charge on any atom is 0.261 e. The van der Waals surface area contributed by atoms with Gasteiger partial charge >= 0.3 is 0 Å². The molecule has 34 heavy (non-hydrogen) atoms. The summed E-state index contributed by atoms with van der Waals surface area (Å²) in [5.41, 5.74) is 1.05. The lowest BCUT2D eigenvalue weighted by molar-refractivity contribution is -0.116. The fraction of sp³-hybridized carbons (Fsp3) is 0.375. The van der Waals surface area contributed by atoms with Gasteiger partial charge in [-0.25, -0.2) is 13.4 Å². The van der Waals surface area contributed by atoms with Crippen LogP contribution in [0.2, 0.25) is 0 Å². The number of carbonyl (C=O) groups is 1. The third kappa shape index (κ3) is 5.35. The maximum atomic E-state index is 12.9. The minimum Gasteiger partial charge on any atom is -0.326 e. The van der Waals surface area contributed by atoms with E-state index in [1.807, 2.05) is 6.07 Å². The number of para-hydroxylation sites is 1. The van der Waals surface area contributed by atoms with Crippen LogP contribution >= 0.6 is 0 Å². The predicted molar refractivity (Wildman–Crippen MR) is 131 cm³/mol. The minimum absolute atomic E-state index is 0.126. The first-order chi connectivity index (χ1) is 16.4. The van der Waals surface area contributed by atoms with Gasteiger partial charge in [-0.15, -0.1) is 0 Å². The summed E-state index contributed by atoms with van der Waals surface area (Å²) in [7, 11) is -3.55. The molecule has 2 aromatic carbocycles. The number of hydrogen-bond donors (Lipinski definition) is 1. The topological polar surface area (TPSA) is 105 Å². The van der Waals surface area contributed by atoms with Crippen molar-refractivity contribution in [1.29, 1.82) is 0 Å². The van der Waals surface area contributed by atoms with E-state index in [0.29, 0.717) is 42.6 Å². The van der Waals surface area contributed by atoms with Crippen LogP contribution in [0.25, 0.3) is 10.9 Å². The summed E-state index contributed by atoms with van der Waals surface area (Å²) in [6.45, 7) is 5.77. The largest absolute Gasteiger partial charge is 0.326 e. The van der Waals surface area contributed by atoms with Crippen LogP contribution in [0.15, 0.2) is 64.5 Å². The molecule has 0 bridgehead atoms. The molecule has 4 rings (SSSR count). The van der Waals surface area contributed by atoms with Crippen LogP contribution in [0.3, 0.4) is 0 Å². The standard InChI is InChI=1S/C24H29N5O4S/c1-2-27-14-16-29(17-15-27)34(32,33)20-11-9-19(10-12-20)26-23(30)8-5-13-28-18-25-22-7-4-3-6-21(22)24(28)31/h3-4,6-7,9-12,18H,2,5,8,13-17H2,1H3,(H,26,30). The summed E-state index contributed by atoms with van der Waals surface area (Å²) in [6.07, 6.45) is 2.20. The number of anilines is 1. The van der Waals surface area contributed by atoms with Crippen molar-refractivity contribution < 1.29 is 13.2 Å². The number of fused-ring (bicyclic) bond motifs is 1. The van der Waals surface area contributed by atoms with E-state index in [2.05, 4.69) is 22.1 Å².